The van der Waals surface area contributed by atoms with Gasteiger partial charge in [0.1, 0.15) is 5.75 Å². The molecule has 0 spiro atoms. The van der Waals surface area contributed by atoms with Crippen molar-refractivity contribution in [3.63, 3.8) is 0 Å². The highest BCUT2D eigenvalue weighted by atomic mass is 16.5. The molecule has 1 fully saturated rings. The summed E-state index contributed by atoms with van der Waals surface area (Å²) in [7, 11) is 1.69. The average molecular weight is 304 g/mol. The Bertz CT molecular complexity index is 532. The number of likely N-dealkylation sites (N-methyl/N-ethyl adjacent to an activating group) is 1. The molecule has 0 N–H and O–H groups in total. The zero-order chi connectivity index (χ0) is 16.3. The van der Waals surface area contributed by atoms with Crippen LogP contribution in [0.15, 0.2) is 12.1 Å². The predicted octanol–water partition coefficient (Wildman–Crippen LogP) is 2.90. The molecule has 1 aromatic rings. The summed E-state index contributed by atoms with van der Waals surface area (Å²) in [5, 5.41) is 0. The number of piperazine rings is 1. The number of hydrogen-bond acceptors (Lipinski definition) is 3. The monoisotopic (exact) mass is 304 g/mol. The molecular weight excluding hydrogens is 276 g/mol. The SMILES string of the molecule is CCN1CCN(C(=O)c2cc(C(C)C)c(OC)cc2C)CC1. The van der Waals surface area contributed by atoms with Gasteiger partial charge in [-0.05, 0) is 42.6 Å². The minimum atomic E-state index is 0.151. The lowest BCUT2D eigenvalue weighted by Gasteiger charge is -2.34. The van der Waals surface area contributed by atoms with E-state index in [2.05, 4.69) is 25.7 Å². The van der Waals surface area contributed by atoms with Crippen LogP contribution in [-0.4, -0.2) is 55.5 Å². The Labute approximate surface area is 134 Å². The van der Waals surface area contributed by atoms with E-state index in [0.717, 1.165) is 55.2 Å². The van der Waals surface area contributed by atoms with Gasteiger partial charge in [0.2, 0.25) is 0 Å². The molecule has 0 aliphatic carbocycles. The quantitative estimate of drug-likeness (QED) is 0.857. The van der Waals surface area contributed by atoms with E-state index in [9.17, 15) is 4.79 Å². The van der Waals surface area contributed by atoms with E-state index in [0.29, 0.717) is 5.92 Å². The summed E-state index contributed by atoms with van der Waals surface area (Å²) in [5.41, 5.74) is 2.90. The third-order valence-corrected chi connectivity index (χ3v) is 4.54. The molecule has 122 valence electrons. The van der Waals surface area contributed by atoms with Crippen molar-refractivity contribution in [2.45, 2.75) is 33.6 Å². The summed E-state index contributed by atoms with van der Waals surface area (Å²) in [6.07, 6.45) is 0. The van der Waals surface area contributed by atoms with Crippen molar-refractivity contribution >= 4 is 5.91 Å². The third-order valence-electron chi connectivity index (χ3n) is 4.54. The fourth-order valence-corrected chi connectivity index (χ4v) is 2.99. The highest BCUT2D eigenvalue weighted by molar-refractivity contribution is 5.96. The van der Waals surface area contributed by atoms with Crippen molar-refractivity contribution in [3.8, 4) is 5.75 Å². The van der Waals surface area contributed by atoms with Gasteiger partial charge in [-0.3, -0.25) is 4.79 Å². The molecule has 0 saturated carbocycles. The first kappa shape index (κ1) is 16.8. The maximum absolute atomic E-state index is 12.9. The molecule has 0 aromatic heterocycles. The Morgan fingerprint density at radius 3 is 2.36 bits per heavy atom. The average Bonchev–Trinajstić information content (AvgIpc) is 2.53. The Morgan fingerprint density at radius 1 is 1.23 bits per heavy atom. The number of carbonyl (C=O) groups is 1. The van der Waals surface area contributed by atoms with Gasteiger partial charge in [-0.2, -0.15) is 0 Å². The van der Waals surface area contributed by atoms with E-state index < -0.39 is 0 Å². The molecule has 2 rings (SSSR count). The van der Waals surface area contributed by atoms with Gasteiger partial charge in [-0.1, -0.05) is 20.8 Å². The standard InChI is InChI=1S/C18H28N2O2/c1-6-19-7-9-20(10-8-19)18(21)16-12-15(13(2)3)17(22-5)11-14(16)4/h11-13H,6-10H2,1-5H3. The van der Waals surface area contributed by atoms with Gasteiger partial charge in [0.15, 0.2) is 0 Å². The second-order valence-corrected chi connectivity index (χ2v) is 6.29. The van der Waals surface area contributed by atoms with Gasteiger partial charge in [0, 0.05) is 31.7 Å². The largest absolute Gasteiger partial charge is 0.496 e. The minimum Gasteiger partial charge on any atom is -0.496 e. The molecule has 22 heavy (non-hydrogen) atoms. The fraction of sp³-hybridized carbons (Fsp3) is 0.611. The van der Waals surface area contributed by atoms with Crippen molar-refractivity contribution in [1.82, 2.24) is 9.80 Å². The van der Waals surface area contributed by atoms with E-state index in [4.69, 9.17) is 4.74 Å². The topological polar surface area (TPSA) is 32.8 Å². The lowest BCUT2D eigenvalue weighted by atomic mass is 9.95. The molecule has 1 aromatic carbocycles. The number of methoxy groups -OCH3 is 1. The van der Waals surface area contributed by atoms with Crippen LogP contribution in [0, 0.1) is 6.92 Å². The van der Waals surface area contributed by atoms with E-state index >= 15 is 0 Å². The van der Waals surface area contributed by atoms with Crippen LogP contribution >= 0.6 is 0 Å². The van der Waals surface area contributed by atoms with Crippen LogP contribution in [0.2, 0.25) is 0 Å². The summed E-state index contributed by atoms with van der Waals surface area (Å²) in [4.78, 5) is 17.2. The number of ether oxygens (including phenoxy) is 1. The van der Waals surface area contributed by atoms with Crippen LogP contribution in [0.5, 0.6) is 5.75 Å². The van der Waals surface area contributed by atoms with Crippen LogP contribution < -0.4 is 4.74 Å². The third kappa shape index (κ3) is 3.43. The lowest BCUT2D eigenvalue weighted by molar-refractivity contribution is 0.0642. The Hall–Kier alpha value is -1.55. The number of rotatable bonds is 4. The molecule has 1 aliphatic rings. The summed E-state index contributed by atoms with van der Waals surface area (Å²) in [6.45, 7) is 13.0. The van der Waals surface area contributed by atoms with E-state index in [1.165, 1.54) is 0 Å². The number of amides is 1. The molecular formula is C18H28N2O2. The summed E-state index contributed by atoms with van der Waals surface area (Å²) >= 11 is 0. The number of carbonyl (C=O) groups excluding carboxylic acids is 1. The highest BCUT2D eigenvalue weighted by Gasteiger charge is 2.24. The number of hydrogen-bond donors (Lipinski definition) is 0. The molecule has 0 atom stereocenters. The van der Waals surface area contributed by atoms with Crippen molar-refractivity contribution in [2.75, 3.05) is 39.8 Å². The van der Waals surface area contributed by atoms with Crippen LogP contribution in [0.1, 0.15) is 48.2 Å². The smallest absolute Gasteiger partial charge is 0.254 e. The van der Waals surface area contributed by atoms with Gasteiger partial charge in [-0.15, -0.1) is 0 Å². The number of benzene rings is 1. The second-order valence-electron chi connectivity index (χ2n) is 6.29. The molecule has 4 nitrogen and oxygen atoms in total. The molecule has 0 radical (unpaired) electrons. The molecule has 1 aliphatic heterocycles. The van der Waals surface area contributed by atoms with Crippen LogP contribution in [0.3, 0.4) is 0 Å². The molecule has 1 amide bonds. The Morgan fingerprint density at radius 2 is 1.86 bits per heavy atom. The highest BCUT2D eigenvalue weighted by Crippen LogP contribution is 2.30. The van der Waals surface area contributed by atoms with Gasteiger partial charge in [0.05, 0.1) is 7.11 Å². The van der Waals surface area contributed by atoms with Gasteiger partial charge in [-0.25, -0.2) is 0 Å². The van der Waals surface area contributed by atoms with Crippen molar-refractivity contribution in [2.24, 2.45) is 0 Å². The maximum Gasteiger partial charge on any atom is 0.254 e. The summed E-state index contributed by atoms with van der Waals surface area (Å²) < 4.78 is 5.46. The van der Waals surface area contributed by atoms with Crippen molar-refractivity contribution in [1.29, 1.82) is 0 Å². The zero-order valence-electron chi connectivity index (χ0n) is 14.5. The molecule has 4 heteroatoms. The number of nitrogens with zero attached hydrogens (tertiary/aromatic N) is 2. The molecule has 0 bridgehead atoms. The van der Waals surface area contributed by atoms with Gasteiger partial charge in [0.25, 0.3) is 5.91 Å². The zero-order valence-corrected chi connectivity index (χ0v) is 14.5. The molecule has 1 heterocycles. The summed E-state index contributed by atoms with van der Waals surface area (Å²) in [6, 6.07) is 4.01. The molecule has 0 unspecified atom stereocenters. The number of aryl methyl sites for hydroxylation is 1. The fourth-order valence-electron chi connectivity index (χ4n) is 2.99. The first-order chi connectivity index (χ1) is 10.5. The first-order valence-electron chi connectivity index (χ1n) is 8.18. The first-order valence-corrected chi connectivity index (χ1v) is 8.18. The van der Waals surface area contributed by atoms with E-state index in [1.54, 1.807) is 7.11 Å². The van der Waals surface area contributed by atoms with E-state index in [1.807, 2.05) is 24.0 Å². The van der Waals surface area contributed by atoms with Gasteiger partial charge >= 0.3 is 0 Å². The Kier molecular flexibility index (Phi) is 5.46. The maximum atomic E-state index is 12.9. The van der Waals surface area contributed by atoms with Crippen LogP contribution in [0.25, 0.3) is 0 Å². The predicted molar refractivity (Wildman–Crippen MR) is 89.8 cm³/mol. The Balaban J connectivity index is 2.24. The van der Waals surface area contributed by atoms with Gasteiger partial charge < -0.3 is 14.5 Å². The normalized spacial score (nSPS) is 16.2. The second kappa shape index (κ2) is 7.14. The van der Waals surface area contributed by atoms with Crippen molar-refractivity contribution < 1.29 is 9.53 Å². The summed E-state index contributed by atoms with van der Waals surface area (Å²) in [5.74, 6) is 1.36. The molecule has 1 saturated heterocycles. The lowest BCUT2D eigenvalue weighted by Crippen LogP contribution is -2.48. The van der Waals surface area contributed by atoms with Crippen LogP contribution in [0.4, 0.5) is 0 Å². The van der Waals surface area contributed by atoms with Crippen LogP contribution in [-0.2, 0) is 0 Å². The minimum absolute atomic E-state index is 0.151. The van der Waals surface area contributed by atoms with E-state index in [-0.39, 0.29) is 5.91 Å². The van der Waals surface area contributed by atoms with Crippen molar-refractivity contribution in [3.05, 3.63) is 28.8 Å².